The lowest BCUT2D eigenvalue weighted by molar-refractivity contribution is -0.141. The van der Waals surface area contributed by atoms with Gasteiger partial charge in [0.2, 0.25) is 0 Å². The van der Waals surface area contributed by atoms with E-state index >= 15 is 0 Å². The Hall–Kier alpha value is -0.530. The van der Waals surface area contributed by atoms with Crippen molar-refractivity contribution in [3.63, 3.8) is 0 Å². The van der Waals surface area contributed by atoms with E-state index < -0.39 is 0 Å². The smallest absolute Gasteiger partial charge is 0.293 e. The molecule has 0 heterocycles. The minimum Gasteiger partial charge on any atom is -0.462 e. The molecule has 0 N–H and O–H groups in total. The summed E-state index contributed by atoms with van der Waals surface area (Å²) in [7, 11) is 0. The number of hydrogen-bond donors (Lipinski definition) is 0. The average molecular weight is 158 g/mol. The second-order valence-electron chi connectivity index (χ2n) is 2.87. The molecular formula is C9H18O2. The molecule has 66 valence electrons. The second-order valence-corrected chi connectivity index (χ2v) is 2.87. The molecule has 0 atom stereocenters. The van der Waals surface area contributed by atoms with Crippen LogP contribution in [0.25, 0.3) is 0 Å². The molecule has 1 saturated carbocycles. The summed E-state index contributed by atoms with van der Waals surface area (Å²) in [5, 5.41) is 0. The molecule has 0 radical (unpaired) electrons. The SMILES string of the molecule is CC.CC1(OC=O)CCCC1. The van der Waals surface area contributed by atoms with Crippen molar-refractivity contribution in [1.82, 2.24) is 0 Å². The molecule has 0 saturated heterocycles. The molecule has 0 unspecified atom stereocenters. The van der Waals surface area contributed by atoms with Gasteiger partial charge in [-0.2, -0.15) is 0 Å². The van der Waals surface area contributed by atoms with Gasteiger partial charge < -0.3 is 4.74 Å². The van der Waals surface area contributed by atoms with E-state index in [1.165, 1.54) is 12.8 Å². The van der Waals surface area contributed by atoms with Crippen molar-refractivity contribution in [2.45, 2.75) is 52.1 Å². The zero-order valence-electron chi connectivity index (χ0n) is 7.72. The molecule has 2 heteroatoms. The number of rotatable bonds is 2. The first-order chi connectivity index (χ1) is 5.27. The van der Waals surface area contributed by atoms with E-state index in [9.17, 15) is 4.79 Å². The predicted molar refractivity (Wildman–Crippen MR) is 45.4 cm³/mol. The van der Waals surface area contributed by atoms with Crippen molar-refractivity contribution >= 4 is 6.47 Å². The molecule has 0 amide bonds. The molecule has 0 aromatic carbocycles. The minimum absolute atomic E-state index is 0.123. The molecule has 11 heavy (non-hydrogen) atoms. The van der Waals surface area contributed by atoms with E-state index in [1.807, 2.05) is 20.8 Å². The normalized spacial score (nSPS) is 19.9. The fourth-order valence-corrected chi connectivity index (χ4v) is 1.36. The number of hydrogen-bond acceptors (Lipinski definition) is 2. The van der Waals surface area contributed by atoms with Crippen molar-refractivity contribution in [2.75, 3.05) is 0 Å². The van der Waals surface area contributed by atoms with Gasteiger partial charge in [0, 0.05) is 0 Å². The standard InChI is InChI=1S/C7H12O2.C2H6/c1-7(9-6-8)4-2-3-5-7;1-2/h6H,2-5H2,1H3;1-2H3. The maximum atomic E-state index is 9.94. The van der Waals surface area contributed by atoms with E-state index in [-0.39, 0.29) is 5.60 Å². The molecule has 0 aliphatic heterocycles. The lowest BCUT2D eigenvalue weighted by atomic mass is 10.1. The Kier molecular flexibility index (Phi) is 4.92. The molecular weight excluding hydrogens is 140 g/mol. The monoisotopic (exact) mass is 158 g/mol. The molecule has 0 aromatic heterocycles. The predicted octanol–water partition coefficient (Wildman–Crippen LogP) is 2.52. The first-order valence-electron chi connectivity index (χ1n) is 4.38. The van der Waals surface area contributed by atoms with Crippen molar-refractivity contribution < 1.29 is 9.53 Å². The van der Waals surface area contributed by atoms with E-state index in [1.54, 1.807) is 0 Å². The topological polar surface area (TPSA) is 26.3 Å². The number of carbonyl (C=O) groups is 1. The van der Waals surface area contributed by atoms with Crippen LogP contribution in [-0.4, -0.2) is 12.1 Å². The fourth-order valence-electron chi connectivity index (χ4n) is 1.36. The van der Waals surface area contributed by atoms with Gasteiger partial charge in [-0.05, 0) is 32.6 Å². The van der Waals surface area contributed by atoms with Gasteiger partial charge in [-0.25, -0.2) is 0 Å². The van der Waals surface area contributed by atoms with Crippen molar-refractivity contribution in [3.8, 4) is 0 Å². The third-order valence-electron chi connectivity index (χ3n) is 1.99. The van der Waals surface area contributed by atoms with Gasteiger partial charge >= 0.3 is 0 Å². The van der Waals surface area contributed by atoms with E-state index in [2.05, 4.69) is 0 Å². The van der Waals surface area contributed by atoms with Crippen molar-refractivity contribution in [3.05, 3.63) is 0 Å². The third kappa shape index (κ3) is 3.40. The van der Waals surface area contributed by atoms with Gasteiger partial charge in [-0.15, -0.1) is 0 Å². The highest BCUT2D eigenvalue weighted by Crippen LogP contribution is 2.31. The van der Waals surface area contributed by atoms with Gasteiger partial charge in [-0.3, -0.25) is 4.79 Å². The maximum absolute atomic E-state index is 9.94. The van der Waals surface area contributed by atoms with Crippen LogP contribution in [0.1, 0.15) is 46.5 Å². The van der Waals surface area contributed by atoms with Crippen LogP contribution in [-0.2, 0) is 9.53 Å². The van der Waals surface area contributed by atoms with Crippen molar-refractivity contribution in [2.24, 2.45) is 0 Å². The Morgan fingerprint density at radius 2 is 1.73 bits per heavy atom. The Bertz CT molecular complexity index is 104. The van der Waals surface area contributed by atoms with Crippen LogP contribution in [0.15, 0.2) is 0 Å². The first-order valence-corrected chi connectivity index (χ1v) is 4.38. The number of ether oxygens (including phenoxy) is 1. The molecule has 2 nitrogen and oxygen atoms in total. The summed E-state index contributed by atoms with van der Waals surface area (Å²) >= 11 is 0. The summed E-state index contributed by atoms with van der Waals surface area (Å²) < 4.78 is 4.91. The second kappa shape index (κ2) is 5.16. The van der Waals surface area contributed by atoms with Crippen LogP contribution in [0.4, 0.5) is 0 Å². The average Bonchev–Trinajstić information content (AvgIpc) is 2.41. The highest BCUT2D eigenvalue weighted by atomic mass is 16.5. The Morgan fingerprint density at radius 1 is 1.27 bits per heavy atom. The summed E-state index contributed by atoms with van der Waals surface area (Å²) in [5.41, 5.74) is -0.123. The van der Waals surface area contributed by atoms with Crippen LogP contribution in [0.3, 0.4) is 0 Å². The van der Waals surface area contributed by atoms with Crippen LogP contribution >= 0.6 is 0 Å². The quantitative estimate of drug-likeness (QED) is 0.577. The van der Waals surface area contributed by atoms with Crippen molar-refractivity contribution in [1.29, 1.82) is 0 Å². The lowest BCUT2D eigenvalue weighted by Crippen LogP contribution is -2.23. The molecule has 1 rings (SSSR count). The summed E-state index contributed by atoms with van der Waals surface area (Å²) in [4.78, 5) is 9.94. The maximum Gasteiger partial charge on any atom is 0.293 e. The largest absolute Gasteiger partial charge is 0.462 e. The van der Waals surface area contributed by atoms with Crippen LogP contribution in [0, 0.1) is 0 Å². The van der Waals surface area contributed by atoms with Gasteiger partial charge in [0.15, 0.2) is 0 Å². The zero-order valence-corrected chi connectivity index (χ0v) is 7.72. The van der Waals surface area contributed by atoms with Gasteiger partial charge in [0.1, 0.15) is 5.60 Å². The lowest BCUT2D eigenvalue weighted by Gasteiger charge is -2.20. The van der Waals surface area contributed by atoms with Gasteiger partial charge in [0.05, 0.1) is 0 Å². The molecule has 0 spiro atoms. The highest BCUT2D eigenvalue weighted by molar-refractivity contribution is 5.38. The molecule has 1 aliphatic rings. The van der Waals surface area contributed by atoms with Gasteiger partial charge in [-0.1, -0.05) is 13.8 Å². The molecule has 1 fully saturated rings. The van der Waals surface area contributed by atoms with Gasteiger partial charge in [0.25, 0.3) is 6.47 Å². The zero-order chi connectivity index (χ0) is 8.74. The first kappa shape index (κ1) is 10.5. The summed E-state index contributed by atoms with van der Waals surface area (Å²) in [6.07, 6.45) is 4.46. The highest BCUT2D eigenvalue weighted by Gasteiger charge is 2.29. The third-order valence-corrected chi connectivity index (χ3v) is 1.99. The fraction of sp³-hybridized carbons (Fsp3) is 0.889. The Balaban J connectivity index is 0.000000461. The number of carbonyl (C=O) groups excluding carboxylic acids is 1. The van der Waals surface area contributed by atoms with E-state index in [0.29, 0.717) is 6.47 Å². The van der Waals surface area contributed by atoms with Crippen LogP contribution in [0.5, 0.6) is 0 Å². The minimum atomic E-state index is -0.123. The molecule has 0 bridgehead atoms. The van der Waals surface area contributed by atoms with E-state index in [0.717, 1.165) is 12.8 Å². The summed E-state index contributed by atoms with van der Waals surface area (Å²) in [5.74, 6) is 0. The van der Waals surface area contributed by atoms with E-state index in [4.69, 9.17) is 4.74 Å². The van der Waals surface area contributed by atoms with Crippen LogP contribution in [0.2, 0.25) is 0 Å². The Labute approximate surface area is 68.9 Å². The summed E-state index contributed by atoms with van der Waals surface area (Å²) in [6, 6.07) is 0. The molecule has 0 aromatic rings. The van der Waals surface area contributed by atoms with Crippen LogP contribution < -0.4 is 0 Å². The summed E-state index contributed by atoms with van der Waals surface area (Å²) in [6.45, 7) is 6.56. The Morgan fingerprint density at radius 3 is 2.09 bits per heavy atom. The molecule has 1 aliphatic carbocycles.